The van der Waals surface area contributed by atoms with Crippen LogP contribution < -0.4 is 29.2 Å². The number of nitrogens with one attached hydrogen (secondary N) is 2. The van der Waals surface area contributed by atoms with E-state index in [1.807, 2.05) is 0 Å². The van der Waals surface area contributed by atoms with Crippen LogP contribution >= 0.6 is 0 Å². The van der Waals surface area contributed by atoms with Gasteiger partial charge in [0.25, 0.3) is 0 Å². The summed E-state index contributed by atoms with van der Waals surface area (Å²) in [6.07, 6.45) is 23.3. The molecule has 0 bridgehead atoms. The fraction of sp³-hybridized carbons (Fsp3) is 0.667. The van der Waals surface area contributed by atoms with Crippen molar-refractivity contribution in [2.24, 2.45) is 0 Å². The van der Waals surface area contributed by atoms with Gasteiger partial charge in [0.15, 0.2) is 24.8 Å². The highest BCUT2D eigenvalue weighted by Gasteiger charge is 2.02. The number of nitrogens with zero attached hydrogens (tertiary/aromatic N) is 2. The van der Waals surface area contributed by atoms with Crippen molar-refractivity contribution in [3.63, 3.8) is 0 Å². The quantitative estimate of drug-likeness (QED) is 0.155. The Labute approximate surface area is 220 Å². The van der Waals surface area contributed by atoms with E-state index in [4.69, 9.17) is 9.47 Å². The van der Waals surface area contributed by atoms with Crippen molar-refractivity contribution >= 4 is 0 Å². The van der Waals surface area contributed by atoms with E-state index in [-0.39, 0.29) is 0 Å². The standard InChI is InChI=1S/C30H52N4O2/c1-3-5-19-31-27-33-21-15-29(16-22-33)35-25-13-11-9-7-8-10-12-14-26-36-30-17-23-34(24-18-30)28-32-20-6-4-2/h15-18,21-24,31-32H,3-14,19-20,25-28H2,1-2H3/q+2. The van der Waals surface area contributed by atoms with Gasteiger partial charge in [0.2, 0.25) is 13.3 Å². The van der Waals surface area contributed by atoms with E-state index in [2.05, 4.69) is 82.7 Å². The topological polar surface area (TPSA) is 50.3 Å². The summed E-state index contributed by atoms with van der Waals surface area (Å²) in [5.41, 5.74) is 0. The maximum absolute atomic E-state index is 5.89. The molecule has 202 valence electrons. The molecule has 6 heteroatoms. The van der Waals surface area contributed by atoms with E-state index < -0.39 is 0 Å². The first-order valence-electron chi connectivity index (χ1n) is 14.5. The highest BCUT2D eigenvalue weighted by molar-refractivity contribution is 5.15. The second-order valence-electron chi connectivity index (χ2n) is 9.64. The molecule has 0 aliphatic heterocycles. The van der Waals surface area contributed by atoms with Gasteiger partial charge in [0, 0.05) is 37.4 Å². The first kappa shape index (κ1) is 30.0. The molecule has 0 aliphatic carbocycles. The zero-order valence-corrected chi connectivity index (χ0v) is 23.1. The molecular weight excluding hydrogens is 448 g/mol. The van der Waals surface area contributed by atoms with Gasteiger partial charge in [-0.25, -0.2) is 0 Å². The summed E-state index contributed by atoms with van der Waals surface area (Å²) in [7, 11) is 0. The lowest BCUT2D eigenvalue weighted by Crippen LogP contribution is -2.40. The van der Waals surface area contributed by atoms with Gasteiger partial charge in [-0.2, -0.15) is 9.13 Å². The van der Waals surface area contributed by atoms with Crippen molar-refractivity contribution in [1.82, 2.24) is 10.6 Å². The zero-order valence-electron chi connectivity index (χ0n) is 23.1. The SMILES string of the molecule is CCCCNC[n+]1ccc(OCCCCCCCCCCOc2cc[n+](CNCCCC)cc2)cc1. The molecule has 2 aromatic heterocycles. The Morgan fingerprint density at radius 1 is 0.528 bits per heavy atom. The molecule has 2 N–H and O–H groups in total. The second kappa shape index (κ2) is 21.0. The average Bonchev–Trinajstić information content (AvgIpc) is 2.91. The van der Waals surface area contributed by atoms with Crippen LogP contribution in [0.3, 0.4) is 0 Å². The van der Waals surface area contributed by atoms with E-state index in [0.29, 0.717) is 0 Å². The number of hydrogen-bond donors (Lipinski definition) is 2. The molecule has 0 atom stereocenters. The smallest absolute Gasteiger partial charge is 0.202 e. The Bertz CT molecular complexity index is 687. The van der Waals surface area contributed by atoms with Crippen LogP contribution in [0.4, 0.5) is 0 Å². The largest absolute Gasteiger partial charge is 0.493 e. The fourth-order valence-corrected chi connectivity index (χ4v) is 3.96. The maximum atomic E-state index is 5.89. The number of hydrogen-bond acceptors (Lipinski definition) is 4. The Morgan fingerprint density at radius 2 is 0.889 bits per heavy atom. The van der Waals surface area contributed by atoms with E-state index in [1.165, 1.54) is 64.2 Å². The first-order valence-corrected chi connectivity index (χ1v) is 14.5. The Morgan fingerprint density at radius 3 is 1.25 bits per heavy atom. The van der Waals surface area contributed by atoms with Gasteiger partial charge in [-0.1, -0.05) is 65.2 Å². The minimum absolute atomic E-state index is 0.810. The van der Waals surface area contributed by atoms with Crippen molar-refractivity contribution < 1.29 is 18.6 Å². The van der Waals surface area contributed by atoms with Crippen LogP contribution in [0.2, 0.25) is 0 Å². The van der Waals surface area contributed by atoms with Gasteiger partial charge in [-0.3, -0.25) is 10.6 Å². The molecule has 2 aromatic rings. The molecule has 0 fully saturated rings. The summed E-state index contributed by atoms with van der Waals surface area (Å²) < 4.78 is 16.1. The normalized spacial score (nSPS) is 11.1. The Kier molecular flexibility index (Phi) is 17.5. The van der Waals surface area contributed by atoms with Crippen molar-refractivity contribution in [2.45, 2.75) is 104 Å². The van der Waals surface area contributed by atoms with Gasteiger partial charge in [-0.05, 0) is 25.7 Å². The summed E-state index contributed by atoms with van der Waals surface area (Å²) >= 11 is 0. The minimum Gasteiger partial charge on any atom is -0.493 e. The number of aromatic nitrogens is 2. The van der Waals surface area contributed by atoms with Gasteiger partial charge >= 0.3 is 0 Å². The van der Waals surface area contributed by atoms with Gasteiger partial charge in [0.1, 0.15) is 11.5 Å². The summed E-state index contributed by atoms with van der Waals surface area (Å²) in [5, 5.41) is 6.88. The maximum Gasteiger partial charge on any atom is 0.202 e. The lowest BCUT2D eigenvalue weighted by Gasteiger charge is -2.07. The molecular formula is C30H52N4O2+2. The van der Waals surface area contributed by atoms with Crippen molar-refractivity contribution in [3.8, 4) is 11.5 Å². The number of ether oxygens (including phenoxy) is 2. The van der Waals surface area contributed by atoms with E-state index >= 15 is 0 Å². The Hall–Kier alpha value is -2.18. The molecule has 0 saturated carbocycles. The average molecular weight is 501 g/mol. The van der Waals surface area contributed by atoms with Crippen LogP contribution in [0.15, 0.2) is 49.1 Å². The van der Waals surface area contributed by atoms with Gasteiger partial charge < -0.3 is 9.47 Å². The van der Waals surface area contributed by atoms with Crippen LogP contribution in [0, 0.1) is 0 Å². The highest BCUT2D eigenvalue weighted by atomic mass is 16.5. The zero-order chi connectivity index (χ0) is 25.5. The molecule has 0 aliphatic rings. The summed E-state index contributed by atoms with van der Waals surface area (Å²) in [5.74, 6) is 1.94. The Balaban J connectivity index is 1.36. The molecule has 0 radical (unpaired) electrons. The molecule has 0 spiro atoms. The third-order valence-electron chi connectivity index (χ3n) is 6.30. The second-order valence-corrected chi connectivity index (χ2v) is 9.64. The van der Waals surface area contributed by atoms with Crippen LogP contribution in [0.25, 0.3) is 0 Å². The molecule has 0 aromatic carbocycles. The molecule has 2 rings (SSSR count). The summed E-state index contributed by atoms with van der Waals surface area (Å²) in [6, 6.07) is 8.25. The van der Waals surface area contributed by atoms with Gasteiger partial charge in [-0.15, -0.1) is 0 Å². The molecule has 36 heavy (non-hydrogen) atoms. The minimum atomic E-state index is 0.810. The molecule has 0 amide bonds. The highest BCUT2D eigenvalue weighted by Crippen LogP contribution is 2.12. The third-order valence-corrected chi connectivity index (χ3v) is 6.30. The number of rotatable bonds is 23. The summed E-state index contributed by atoms with van der Waals surface area (Å²) in [6.45, 7) is 9.91. The molecule has 2 heterocycles. The summed E-state index contributed by atoms with van der Waals surface area (Å²) in [4.78, 5) is 0. The van der Waals surface area contributed by atoms with E-state index in [9.17, 15) is 0 Å². The van der Waals surface area contributed by atoms with Crippen molar-refractivity contribution in [2.75, 3.05) is 26.3 Å². The lowest BCUT2D eigenvalue weighted by molar-refractivity contribution is -0.701. The molecule has 0 unspecified atom stereocenters. The monoisotopic (exact) mass is 500 g/mol. The van der Waals surface area contributed by atoms with Crippen LogP contribution in [-0.4, -0.2) is 26.3 Å². The predicted octanol–water partition coefficient (Wildman–Crippen LogP) is 5.53. The van der Waals surface area contributed by atoms with Crippen LogP contribution in [0.5, 0.6) is 11.5 Å². The third kappa shape index (κ3) is 15.0. The van der Waals surface area contributed by atoms with Gasteiger partial charge in [0.05, 0.1) is 13.2 Å². The molecule has 0 saturated heterocycles. The van der Waals surface area contributed by atoms with Crippen molar-refractivity contribution in [3.05, 3.63) is 49.1 Å². The number of unbranched alkanes of at least 4 members (excludes halogenated alkanes) is 9. The molecule has 6 nitrogen and oxygen atoms in total. The van der Waals surface area contributed by atoms with Crippen LogP contribution in [0.1, 0.15) is 90.9 Å². The first-order chi connectivity index (χ1) is 17.8. The van der Waals surface area contributed by atoms with E-state index in [0.717, 1.165) is 64.0 Å². The predicted molar refractivity (Wildman–Crippen MR) is 147 cm³/mol. The van der Waals surface area contributed by atoms with Crippen molar-refractivity contribution in [1.29, 1.82) is 0 Å². The lowest BCUT2D eigenvalue weighted by atomic mass is 10.1. The van der Waals surface area contributed by atoms with E-state index in [1.54, 1.807) is 0 Å². The number of pyridine rings is 2. The van der Waals surface area contributed by atoms with Crippen LogP contribution in [-0.2, 0) is 13.3 Å². The fourth-order valence-electron chi connectivity index (χ4n) is 3.96.